The smallest absolute Gasteiger partial charge is 0.219 e. The molecule has 0 unspecified atom stereocenters. The van der Waals surface area contributed by atoms with E-state index in [1.807, 2.05) is 54.6 Å². The van der Waals surface area contributed by atoms with E-state index >= 15 is 0 Å². The number of ether oxygens (including phenoxy) is 1. The molecule has 130 valence electrons. The lowest BCUT2D eigenvalue weighted by molar-refractivity contribution is 0.463. The normalized spacial score (nSPS) is 11.6. The number of aromatic nitrogens is 1. The largest absolute Gasteiger partial charge is 0.439 e. The Balaban J connectivity index is 1.56. The average Bonchev–Trinajstić information content (AvgIpc) is 2.68. The van der Waals surface area contributed by atoms with Crippen LogP contribution in [0.4, 0.5) is 0 Å². The molecule has 26 heavy (non-hydrogen) atoms. The molecule has 0 aliphatic carbocycles. The summed E-state index contributed by atoms with van der Waals surface area (Å²) in [6.45, 7) is 0. The van der Waals surface area contributed by atoms with E-state index in [-0.39, 0.29) is 0 Å². The second-order valence-electron chi connectivity index (χ2n) is 5.30. The number of nitrogens with zero attached hydrogens (tertiary/aromatic N) is 3. The monoisotopic (exact) mass is 362 g/mol. The molecule has 3 rings (SSSR count). The highest BCUT2D eigenvalue weighted by molar-refractivity contribution is 8.13. The van der Waals surface area contributed by atoms with Crippen LogP contribution in [0.15, 0.2) is 89.2 Å². The van der Waals surface area contributed by atoms with E-state index in [0.717, 1.165) is 11.3 Å². The van der Waals surface area contributed by atoms with Gasteiger partial charge in [0.05, 0.1) is 6.21 Å². The van der Waals surface area contributed by atoms with Crippen LogP contribution in [0.3, 0.4) is 0 Å². The molecule has 1 heterocycles. The van der Waals surface area contributed by atoms with Crippen molar-refractivity contribution in [3.05, 3.63) is 90.1 Å². The number of hydrogen-bond donors (Lipinski definition) is 1. The zero-order valence-electron chi connectivity index (χ0n) is 14.0. The fourth-order valence-electron chi connectivity index (χ4n) is 2.10. The van der Waals surface area contributed by atoms with Crippen molar-refractivity contribution in [2.24, 2.45) is 15.9 Å². The molecule has 0 spiro atoms. The van der Waals surface area contributed by atoms with Gasteiger partial charge in [0, 0.05) is 18.0 Å². The van der Waals surface area contributed by atoms with Gasteiger partial charge in [-0.1, -0.05) is 60.3 Å². The molecule has 0 aliphatic heterocycles. The first-order valence-electron chi connectivity index (χ1n) is 8.02. The number of thioether (sulfide) groups is 1. The van der Waals surface area contributed by atoms with Crippen LogP contribution in [0.2, 0.25) is 0 Å². The summed E-state index contributed by atoms with van der Waals surface area (Å²) < 4.78 is 5.70. The molecule has 0 saturated heterocycles. The van der Waals surface area contributed by atoms with E-state index in [1.54, 1.807) is 18.5 Å². The predicted molar refractivity (Wildman–Crippen MR) is 108 cm³/mol. The van der Waals surface area contributed by atoms with Gasteiger partial charge in [-0.2, -0.15) is 5.10 Å². The van der Waals surface area contributed by atoms with Crippen molar-refractivity contribution in [2.75, 3.05) is 0 Å². The number of amidine groups is 1. The van der Waals surface area contributed by atoms with Crippen molar-refractivity contribution in [1.82, 2.24) is 4.98 Å². The summed E-state index contributed by atoms with van der Waals surface area (Å²) in [6, 6.07) is 23.1. The molecule has 0 aliphatic rings. The Hall–Kier alpha value is -3.12. The van der Waals surface area contributed by atoms with Crippen molar-refractivity contribution < 1.29 is 4.74 Å². The highest BCUT2D eigenvalue weighted by Crippen LogP contribution is 2.19. The topological polar surface area (TPSA) is 72.9 Å². The third-order valence-electron chi connectivity index (χ3n) is 3.31. The van der Waals surface area contributed by atoms with E-state index in [9.17, 15) is 0 Å². The quantitative estimate of drug-likeness (QED) is 0.399. The van der Waals surface area contributed by atoms with Crippen LogP contribution in [0.1, 0.15) is 11.1 Å². The SMILES string of the molecule is NC(=NN=Cc1cccc(Oc2ccccn2)c1)SCc1ccccc1. The van der Waals surface area contributed by atoms with Gasteiger partial charge in [-0.3, -0.25) is 0 Å². The Morgan fingerprint density at radius 3 is 2.69 bits per heavy atom. The first-order chi connectivity index (χ1) is 12.8. The summed E-state index contributed by atoms with van der Waals surface area (Å²) in [4.78, 5) is 4.14. The molecular weight excluding hydrogens is 344 g/mol. The van der Waals surface area contributed by atoms with E-state index in [2.05, 4.69) is 27.3 Å². The van der Waals surface area contributed by atoms with Gasteiger partial charge in [-0.15, -0.1) is 5.10 Å². The van der Waals surface area contributed by atoms with Crippen LogP contribution in [-0.4, -0.2) is 16.4 Å². The molecule has 2 aromatic carbocycles. The highest BCUT2D eigenvalue weighted by Gasteiger charge is 1.99. The summed E-state index contributed by atoms with van der Waals surface area (Å²) >= 11 is 1.45. The minimum absolute atomic E-state index is 0.422. The highest BCUT2D eigenvalue weighted by atomic mass is 32.2. The van der Waals surface area contributed by atoms with E-state index in [1.165, 1.54) is 17.3 Å². The van der Waals surface area contributed by atoms with Crippen molar-refractivity contribution >= 4 is 23.1 Å². The van der Waals surface area contributed by atoms with Crippen LogP contribution < -0.4 is 10.5 Å². The third kappa shape index (κ3) is 5.75. The molecule has 0 fully saturated rings. The lowest BCUT2D eigenvalue weighted by Gasteiger charge is -2.04. The summed E-state index contributed by atoms with van der Waals surface area (Å²) in [6.07, 6.45) is 3.33. The first-order valence-corrected chi connectivity index (χ1v) is 9.00. The molecule has 0 atom stereocenters. The number of hydrogen-bond acceptors (Lipinski definition) is 5. The van der Waals surface area contributed by atoms with Gasteiger partial charge in [-0.25, -0.2) is 4.98 Å². The summed E-state index contributed by atoms with van der Waals surface area (Å²) in [5.41, 5.74) is 7.94. The maximum absolute atomic E-state index is 5.88. The fraction of sp³-hybridized carbons (Fsp3) is 0.0500. The molecule has 1 aromatic heterocycles. The van der Waals surface area contributed by atoms with Crippen molar-refractivity contribution in [1.29, 1.82) is 0 Å². The Labute approximate surface area is 156 Å². The van der Waals surface area contributed by atoms with Gasteiger partial charge in [-0.05, 0) is 29.3 Å². The van der Waals surface area contributed by atoms with Crippen LogP contribution in [0.25, 0.3) is 0 Å². The Morgan fingerprint density at radius 2 is 1.88 bits per heavy atom. The Bertz CT molecular complexity index is 883. The summed E-state index contributed by atoms with van der Waals surface area (Å²) in [5.74, 6) is 1.99. The van der Waals surface area contributed by atoms with Crippen LogP contribution >= 0.6 is 11.8 Å². The predicted octanol–water partition coefficient (Wildman–Crippen LogP) is 4.46. The third-order valence-corrected chi connectivity index (χ3v) is 4.17. The summed E-state index contributed by atoms with van der Waals surface area (Å²) in [7, 11) is 0. The zero-order valence-corrected chi connectivity index (χ0v) is 14.8. The maximum Gasteiger partial charge on any atom is 0.219 e. The first kappa shape index (κ1) is 17.7. The van der Waals surface area contributed by atoms with E-state index in [0.29, 0.717) is 16.8 Å². The van der Waals surface area contributed by atoms with Gasteiger partial charge in [0.15, 0.2) is 5.17 Å². The maximum atomic E-state index is 5.88. The Kier molecular flexibility index (Phi) is 6.39. The molecule has 3 aromatic rings. The number of benzene rings is 2. The second-order valence-corrected chi connectivity index (χ2v) is 6.30. The van der Waals surface area contributed by atoms with Crippen molar-refractivity contribution in [3.8, 4) is 11.6 Å². The average molecular weight is 362 g/mol. The van der Waals surface area contributed by atoms with Gasteiger partial charge in [0.1, 0.15) is 5.75 Å². The van der Waals surface area contributed by atoms with Gasteiger partial charge in [0.2, 0.25) is 5.88 Å². The molecule has 0 radical (unpaired) electrons. The number of pyridine rings is 1. The molecule has 6 heteroatoms. The van der Waals surface area contributed by atoms with Crippen LogP contribution in [-0.2, 0) is 5.75 Å². The Morgan fingerprint density at radius 1 is 1.04 bits per heavy atom. The van der Waals surface area contributed by atoms with Crippen molar-refractivity contribution in [2.45, 2.75) is 5.75 Å². The molecular formula is C20H18N4OS. The molecule has 0 amide bonds. The van der Waals surface area contributed by atoms with Crippen LogP contribution in [0, 0.1) is 0 Å². The van der Waals surface area contributed by atoms with Crippen LogP contribution in [0.5, 0.6) is 11.6 Å². The van der Waals surface area contributed by atoms with Gasteiger partial charge in [0.25, 0.3) is 0 Å². The minimum Gasteiger partial charge on any atom is -0.439 e. The van der Waals surface area contributed by atoms with Gasteiger partial charge < -0.3 is 10.5 Å². The minimum atomic E-state index is 0.422. The van der Waals surface area contributed by atoms with Crippen molar-refractivity contribution in [3.63, 3.8) is 0 Å². The lowest BCUT2D eigenvalue weighted by Crippen LogP contribution is -2.05. The van der Waals surface area contributed by atoms with Gasteiger partial charge >= 0.3 is 0 Å². The van der Waals surface area contributed by atoms with E-state index < -0.39 is 0 Å². The molecule has 0 bridgehead atoms. The van der Waals surface area contributed by atoms with E-state index in [4.69, 9.17) is 10.5 Å². The summed E-state index contributed by atoms with van der Waals surface area (Å²) in [5, 5.41) is 8.49. The lowest BCUT2D eigenvalue weighted by atomic mass is 10.2. The molecule has 2 N–H and O–H groups in total. The number of rotatable bonds is 6. The second kappa shape index (κ2) is 9.39. The fourth-order valence-corrected chi connectivity index (χ4v) is 2.71. The number of nitrogens with two attached hydrogens (primary N) is 1. The molecule has 0 saturated carbocycles. The standard InChI is InChI=1S/C20H18N4OS/c21-20(26-15-16-7-2-1-3-8-16)24-23-14-17-9-6-10-18(13-17)25-19-11-4-5-12-22-19/h1-14H,15H2,(H2,21,24). The zero-order chi connectivity index (χ0) is 18.0. The molecule has 5 nitrogen and oxygen atoms in total.